The summed E-state index contributed by atoms with van der Waals surface area (Å²) in [5.41, 5.74) is 2.60. The topological polar surface area (TPSA) is 18.5 Å². The normalized spacial score (nSPS) is 13.2. The van der Waals surface area contributed by atoms with Crippen molar-refractivity contribution in [3.63, 3.8) is 0 Å². The molecule has 0 unspecified atom stereocenters. The van der Waals surface area contributed by atoms with E-state index in [1.165, 1.54) is 11.1 Å². The minimum Gasteiger partial charge on any atom is -0.450 e. The molecular weight excluding hydrogens is 260 g/mol. The summed E-state index contributed by atoms with van der Waals surface area (Å²) in [4.78, 5) is 0. The zero-order valence-corrected chi connectivity index (χ0v) is 13.4. The molecule has 0 N–H and O–H groups in total. The van der Waals surface area contributed by atoms with E-state index < -0.39 is 0 Å². The zero-order valence-electron chi connectivity index (χ0n) is 13.4. The molecule has 0 atom stereocenters. The highest BCUT2D eigenvalue weighted by Crippen LogP contribution is 2.47. The van der Waals surface area contributed by atoms with E-state index in [9.17, 15) is 0 Å². The molecule has 0 spiro atoms. The highest BCUT2D eigenvalue weighted by molar-refractivity contribution is 5.57. The van der Waals surface area contributed by atoms with Crippen LogP contribution in [0, 0.1) is 0 Å². The van der Waals surface area contributed by atoms with Gasteiger partial charge in [0.25, 0.3) is 0 Å². The molecule has 3 rings (SSSR count). The van der Waals surface area contributed by atoms with Crippen LogP contribution in [0.2, 0.25) is 0 Å². The minimum atomic E-state index is 0.0957. The summed E-state index contributed by atoms with van der Waals surface area (Å²) < 4.78 is 12.0. The SMILES string of the molecule is CC(C)c1ccc2c(c1)Oc1cc(C(C)(C)C)ccc1O2. The lowest BCUT2D eigenvalue weighted by Gasteiger charge is -2.25. The second-order valence-corrected chi connectivity index (χ2v) is 6.98. The van der Waals surface area contributed by atoms with E-state index >= 15 is 0 Å². The summed E-state index contributed by atoms with van der Waals surface area (Å²) in [7, 11) is 0. The van der Waals surface area contributed by atoms with Gasteiger partial charge in [-0.3, -0.25) is 0 Å². The van der Waals surface area contributed by atoms with Crippen molar-refractivity contribution >= 4 is 0 Å². The molecule has 0 fully saturated rings. The maximum atomic E-state index is 6.08. The van der Waals surface area contributed by atoms with Crippen LogP contribution >= 0.6 is 0 Å². The molecule has 2 aromatic rings. The summed E-state index contributed by atoms with van der Waals surface area (Å²) in [5, 5.41) is 0. The highest BCUT2D eigenvalue weighted by atomic mass is 16.6. The molecule has 2 heteroatoms. The fourth-order valence-corrected chi connectivity index (χ4v) is 2.42. The molecule has 0 saturated heterocycles. The van der Waals surface area contributed by atoms with Crippen LogP contribution in [-0.4, -0.2) is 0 Å². The first kappa shape index (κ1) is 14.0. The van der Waals surface area contributed by atoms with Crippen LogP contribution in [0.3, 0.4) is 0 Å². The molecular formula is C19H22O2. The van der Waals surface area contributed by atoms with Crippen molar-refractivity contribution in [2.75, 3.05) is 0 Å². The smallest absolute Gasteiger partial charge is 0.170 e. The van der Waals surface area contributed by atoms with Crippen molar-refractivity contribution in [3.05, 3.63) is 47.5 Å². The molecule has 1 aliphatic rings. The molecule has 110 valence electrons. The second-order valence-electron chi connectivity index (χ2n) is 6.98. The van der Waals surface area contributed by atoms with Crippen molar-refractivity contribution in [1.29, 1.82) is 0 Å². The van der Waals surface area contributed by atoms with Gasteiger partial charge in [0.15, 0.2) is 23.0 Å². The molecule has 21 heavy (non-hydrogen) atoms. The fraction of sp³-hybridized carbons (Fsp3) is 0.368. The molecule has 2 aromatic carbocycles. The highest BCUT2D eigenvalue weighted by Gasteiger charge is 2.22. The van der Waals surface area contributed by atoms with E-state index in [1.54, 1.807) is 0 Å². The van der Waals surface area contributed by atoms with Crippen LogP contribution < -0.4 is 9.47 Å². The largest absolute Gasteiger partial charge is 0.450 e. The van der Waals surface area contributed by atoms with Crippen LogP contribution in [0.4, 0.5) is 0 Å². The summed E-state index contributed by atoms with van der Waals surface area (Å²) in [6, 6.07) is 12.4. The Morgan fingerprint density at radius 3 is 1.95 bits per heavy atom. The van der Waals surface area contributed by atoms with Crippen LogP contribution in [0.5, 0.6) is 23.0 Å². The first-order valence-corrected chi connectivity index (χ1v) is 7.49. The first-order chi connectivity index (χ1) is 9.84. The van der Waals surface area contributed by atoms with Crippen LogP contribution in [0.1, 0.15) is 51.7 Å². The van der Waals surface area contributed by atoms with Gasteiger partial charge in [-0.1, -0.05) is 46.8 Å². The molecule has 0 aromatic heterocycles. The number of hydrogen-bond donors (Lipinski definition) is 0. The van der Waals surface area contributed by atoms with E-state index in [4.69, 9.17) is 9.47 Å². The second kappa shape index (κ2) is 4.80. The number of hydrogen-bond acceptors (Lipinski definition) is 2. The lowest BCUT2D eigenvalue weighted by Crippen LogP contribution is -2.11. The summed E-state index contributed by atoms with van der Waals surface area (Å²) >= 11 is 0. The lowest BCUT2D eigenvalue weighted by molar-refractivity contribution is 0.357. The third-order valence-electron chi connectivity index (χ3n) is 3.88. The Balaban J connectivity index is 2.00. The van der Waals surface area contributed by atoms with Crippen molar-refractivity contribution in [2.45, 2.75) is 46.0 Å². The molecule has 0 amide bonds. The standard InChI is InChI=1S/C19H22O2/c1-12(2)13-6-8-15-17(10-13)21-18-11-14(19(3,4)5)7-9-16(18)20-15/h6-12H,1-5H3. The van der Waals surface area contributed by atoms with E-state index in [-0.39, 0.29) is 5.41 Å². The maximum absolute atomic E-state index is 6.08. The maximum Gasteiger partial charge on any atom is 0.170 e. The summed E-state index contributed by atoms with van der Waals surface area (Å²) in [6.07, 6.45) is 0. The van der Waals surface area contributed by atoms with Crippen molar-refractivity contribution in [3.8, 4) is 23.0 Å². The van der Waals surface area contributed by atoms with E-state index in [2.05, 4.69) is 58.9 Å². The van der Waals surface area contributed by atoms with E-state index in [0.717, 1.165) is 23.0 Å². The van der Waals surface area contributed by atoms with Gasteiger partial charge in [-0.2, -0.15) is 0 Å². The van der Waals surface area contributed by atoms with Gasteiger partial charge < -0.3 is 9.47 Å². The Morgan fingerprint density at radius 1 is 0.762 bits per heavy atom. The van der Waals surface area contributed by atoms with Gasteiger partial charge in [-0.15, -0.1) is 0 Å². The van der Waals surface area contributed by atoms with E-state index in [0.29, 0.717) is 5.92 Å². The molecule has 2 nitrogen and oxygen atoms in total. The molecule has 1 heterocycles. The summed E-state index contributed by atoms with van der Waals surface area (Å²) in [5.74, 6) is 3.65. The third kappa shape index (κ3) is 2.63. The van der Waals surface area contributed by atoms with Gasteiger partial charge in [0.1, 0.15) is 0 Å². The minimum absolute atomic E-state index is 0.0957. The third-order valence-corrected chi connectivity index (χ3v) is 3.88. The number of benzene rings is 2. The van der Waals surface area contributed by atoms with Gasteiger partial charge in [0.05, 0.1) is 0 Å². The Hall–Kier alpha value is -1.96. The average Bonchev–Trinajstić information content (AvgIpc) is 2.42. The van der Waals surface area contributed by atoms with Gasteiger partial charge >= 0.3 is 0 Å². The van der Waals surface area contributed by atoms with Gasteiger partial charge in [0, 0.05) is 0 Å². The number of rotatable bonds is 1. The Labute approximate surface area is 126 Å². The average molecular weight is 282 g/mol. The van der Waals surface area contributed by atoms with Gasteiger partial charge in [-0.25, -0.2) is 0 Å². The monoisotopic (exact) mass is 282 g/mol. The predicted octanol–water partition coefficient (Wildman–Crippen LogP) is 6.01. The van der Waals surface area contributed by atoms with Gasteiger partial charge in [-0.05, 0) is 46.7 Å². The molecule has 0 bridgehead atoms. The Kier molecular flexibility index (Phi) is 3.20. The quantitative estimate of drug-likeness (QED) is 0.544. The van der Waals surface area contributed by atoms with Gasteiger partial charge in [0.2, 0.25) is 0 Å². The Bertz CT molecular complexity index is 678. The number of fused-ring (bicyclic) bond motifs is 2. The van der Waals surface area contributed by atoms with Crippen LogP contribution in [0.15, 0.2) is 36.4 Å². The van der Waals surface area contributed by atoms with Crippen molar-refractivity contribution in [2.24, 2.45) is 0 Å². The molecule has 0 aliphatic carbocycles. The predicted molar refractivity (Wildman–Crippen MR) is 85.8 cm³/mol. The van der Waals surface area contributed by atoms with Crippen LogP contribution in [-0.2, 0) is 5.41 Å². The van der Waals surface area contributed by atoms with Crippen molar-refractivity contribution < 1.29 is 9.47 Å². The molecule has 1 aliphatic heterocycles. The lowest BCUT2D eigenvalue weighted by atomic mass is 9.87. The molecule has 0 saturated carbocycles. The van der Waals surface area contributed by atoms with Crippen molar-refractivity contribution in [1.82, 2.24) is 0 Å². The zero-order chi connectivity index (χ0) is 15.2. The fourth-order valence-electron chi connectivity index (χ4n) is 2.42. The Morgan fingerprint density at radius 2 is 1.33 bits per heavy atom. The first-order valence-electron chi connectivity index (χ1n) is 7.49. The number of ether oxygens (including phenoxy) is 2. The van der Waals surface area contributed by atoms with Crippen LogP contribution in [0.25, 0.3) is 0 Å². The summed E-state index contributed by atoms with van der Waals surface area (Å²) in [6.45, 7) is 10.9. The molecule has 0 radical (unpaired) electrons. The van der Waals surface area contributed by atoms with E-state index in [1.807, 2.05) is 12.1 Å².